The number of aryl methyl sites for hydroxylation is 1. The third kappa shape index (κ3) is 3.25. The van der Waals surface area contributed by atoms with Crippen LogP contribution in [-0.4, -0.2) is 20.0 Å². The van der Waals surface area contributed by atoms with E-state index in [1.165, 1.54) is 6.33 Å². The largest absolute Gasteiger partial charge is 0.360 e. The van der Waals surface area contributed by atoms with Gasteiger partial charge in [0, 0.05) is 6.07 Å². The van der Waals surface area contributed by atoms with Crippen LogP contribution in [0.5, 0.6) is 0 Å². The van der Waals surface area contributed by atoms with E-state index in [2.05, 4.69) is 25.8 Å². The van der Waals surface area contributed by atoms with E-state index in [0.29, 0.717) is 22.3 Å². The van der Waals surface area contributed by atoms with Crippen LogP contribution in [0, 0.1) is 17.0 Å². The number of nitrogens with zero attached hydrogens (tertiary/aromatic N) is 4. The number of nitro groups is 1. The predicted octanol–water partition coefficient (Wildman–Crippen LogP) is 3.82. The first-order valence-electron chi connectivity index (χ1n) is 6.76. The van der Waals surface area contributed by atoms with Gasteiger partial charge in [0.25, 0.3) is 0 Å². The van der Waals surface area contributed by atoms with Crippen molar-refractivity contribution in [3.63, 3.8) is 0 Å². The van der Waals surface area contributed by atoms with Crippen LogP contribution < -0.4 is 10.6 Å². The van der Waals surface area contributed by atoms with Gasteiger partial charge in [0.05, 0.1) is 15.6 Å². The van der Waals surface area contributed by atoms with Crippen molar-refractivity contribution < 1.29 is 9.45 Å². The van der Waals surface area contributed by atoms with Crippen LogP contribution in [0.1, 0.15) is 5.76 Å². The molecule has 0 saturated heterocycles. The molecule has 10 heteroatoms. The zero-order chi connectivity index (χ0) is 17.1. The molecule has 0 saturated carbocycles. The lowest BCUT2D eigenvalue weighted by atomic mass is 10.3. The monoisotopic (exact) mass is 346 g/mol. The molecular weight excluding hydrogens is 336 g/mol. The van der Waals surface area contributed by atoms with Crippen molar-refractivity contribution in [2.75, 3.05) is 10.6 Å². The standard InChI is InChI=1S/C14H11ClN6O3/c1-8-6-11(20-24-8)19-14-12(21(22)23)13(16-7-17-14)18-10-5-3-2-4-9(10)15/h2-7H,1H3,(H2,16,17,18,19,20). The second-order valence-electron chi connectivity index (χ2n) is 4.73. The average Bonchev–Trinajstić information content (AvgIpc) is 2.94. The van der Waals surface area contributed by atoms with E-state index in [1.54, 1.807) is 37.3 Å². The van der Waals surface area contributed by atoms with Crippen LogP contribution in [0.4, 0.5) is 28.8 Å². The van der Waals surface area contributed by atoms with Gasteiger partial charge < -0.3 is 15.2 Å². The summed E-state index contributed by atoms with van der Waals surface area (Å²) in [5.41, 5.74) is 0.155. The second-order valence-corrected chi connectivity index (χ2v) is 5.14. The highest BCUT2D eigenvalue weighted by molar-refractivity contribution is 6.33. The van der Waals surface area contributed by atoms with E-state index in [0.717, 1.165) is 0 Å². The van der Waals surface area contributed by atoms with Gasteiger partial charge >= 0.3 is 5.69 Å². The van der Waals surface area contributed by atoms with Crippen molar-refractivity contribution in [1.29, 1.82) is 0 Å². The Kier molecular flexibility index (Phi) is 4.25. The fourth-order valence-corrected chi connectivity index (χ4v) is 2.15. The van der Waals surface area contributed by atoms with Crippen LogP contribution in [0.15, 0.2) is 41.2 Å². The van der Waals surface area contributed by atoms with Gasteiger partial charge in [-0.3, -0.25) is 10.1 Å². The molecule has 0 fully saturated rings. The van der Waals surface area contributed by atoms with Gasteiger partial charge in [-0.25, -0.2) is 9.97 Å². The van der Waals surface area contributed by atoms with Crippen molar-refractivity contribution in [3.05, 3.63) is 57.6 Å². The number of halogens is 1. The van der Waals surface area contributed by atoms with Gasteiger partial charge in [-0.2, -0.15) is 0 Å². The van der Waals surface area contributed by atoms with E-state index in [1.807, 2.05) is 0 Å². The Bertz CT molecular complexity index is 898. The first-order chi connectivity index (χ1) is 11.5. The Morgan fingerprint density at radius 3 is 2.54 bits per heavy atom. The molecule has 2 heterocycles. The van der Waals surface area contributed by atoms with Gasteiger partial charge in [-0.1, -0.05) is 28.9 Å². The maximum atomic E-state index is 11.5. The highest BCUT2D eigenvalue weighted by atomic mass is 35.5. The zero-order valence-electron chi connectivity index (χ0n) is 12.4. The summed E-state index contributed by atoms with van der Waals surface area (Å²) in [4.78, 5) is 18.7. The second kappa shape index (κ2) is 6.50. The number of aromatic nitrogens is 3. The Labute approximate surface area is 140 Å². The number of para-hydroxylation sites is 1. The van der Waals surface area contributed by atoms with Gasteiger partial charge in [0.1, 0.15) is 12.1 Å². The fraction of sp³-hybridized carbons (Fsp3) is 0.0714. The summed E-state index contributed by atoms with van der Waals surface area (Å²) in [6.07, 6.45) is 1.20. The van der Waals surface area contributed by atoms with E-state index in [9.17, 15) is 10.1 Å². The molecule has 0 spiro atoms. The maximum absolute atomic E-state index is 11.5. The third-order valence-corrected chi connectivity index (χ3v) is 3.34. The lowest BCUT2D eigenvalue weighted by Crippen LogP contribution is -2.05. The summed E-state index contributed by atoms with van der Waals surface area (Å²) in [5, 5.41) is 21.2. The predicted molar refractivity (Wildman–Crippen MR) is 87.9 cm³/mol. The van der Waals surface area contributed by atoms with Gasteiger partial charge in [0.2, 0.25) is 11.6 Å². The molecule has 3 rings (SSSR count). The van der Waals surface area contributed by atoms with Crippen molar-refractivity contribution in [2.24, 2.45) is 0 Å². The average molecular weight is 347 g/mol. The lowest BCUT2D eigenvalue weighted by molar-refractivity contribution is -0.383. The van der Waals surface area contributed by atoms with Crippen LogP contribution in [-0.2, 0) is 0 Å². The number of rotatable bonds is 5. The van der Waals surface area contributed by atoms with Crippen molar-refractivity contribution in [2.45, 2.75) is 6.92 Å². The van der Waals surface area contributed by atoms with E-state index in [4.69, 9.17) is 16.1 Å². The molecule has 3 aromatic rings. The first-order valence-corrected chi connectivity index (χ1v) is 7.13. The highest BCUT2D eigenvalue weighted by Gasteiger charge is 2.24. The molecule has 0 amide bonds. The molecule has 0 aliphatic heterocycles. The third-order valence-electron chi connectivity index (χ3n) is 3.01. The Morgan fingerprint density at radius 1 is 1.21 bits per heavy atom. The molecule has 0 atom stereocenters. The van der Waals surface area contributed by atoms with E-state index < -0.39 is 4.92 Å². The van der Waals surface area contributed by atoms with Crippen molar-refractivity contribution in [1.82, 2.24) is 15.1 Å². The van der Waals surface area contributed by atoms with Gasteiger partial charge in [0.15, 0.2) is 5.82 Å². The number of hydrogen-bond acceptors (Lipinski definition) is 8. The summed E-state index contributed by atoms with van der Waals surface area (Å²) in [6, 6.07) is 8.43. The topological polar surface area (TPSA) is 119 Å². The number of benzene rings is 1. The molecule has 0 radical (unpaired) electrons. The minimum absolute atomic E-state index is 0.00539. The first kappa shape index (κ1) is 15.7. The van der Waals surface area contributed by atoms with Crippen LogP contribution in [0.25, 0.3) is 0 Å². The summed E-state index contributed by atoms with van der Waals surface area (Å²) < 4.78 is 4.92. The molecule has 1 aromatic carbocycles. The molecule has 2 N–H and O–H groups in total. The molecule has 0 unspecified atom stereocenters. The molecular formula is C14H11ClN6O3. The normalized spacial score (nSPS) is 10.4. The summed E-state index contributed by atoms with van der Waals surface area (Å²) in [6.45, 7) is 1.71. The molecule has 0 aliphatic rings. The van der Waals surface area contributed by atoms with Crippen molar-refractivity contribution in [3.8, 4) is 0 Å². The van der Waals surface area contributed by atoms with Crippen LogP contribution >= 0.6 is 11.6 Å². The Balaban J connectivity index is 1.99. The van der Waals surface area contributed by atoms with E-state index in [-0.39, 0.29) is 17.3 Å². The molecule has 122 valence electrons. The number of nitrogens with one attached hydrogen (secondary N) is 2. The fourth-order valence-electron chi connectivity index (χ4n) is 1.97. The maximum Gasteiger partial charge on any atom is 0.353 e. The van der Waals surface area contributed by atoms with Gasteiger partial charge in [-0.15, -0.1) is 0 Å². The molecule has 0 aliphatic carbocycles. The lowest BCUT2D eigenvalue weighted by Gasteiger charge is -2.09. The minimum atomic E-state index is -0.589. The quantitative estimate of drug-likeness (QED) is 0.528. The zero-order valence-corrected chi connectivity index (χ0v) is 13.1. The van der Waals surface area contributed by atoms with E-state index >= 15 is 0 Å². The number of anilines is 4. The highest BCUT2D eigenvalue weighted by Crippen LogP contribution is 2.34. The van der Waals surface area contributed by atoms with Gasteiger partial charge in [-0.05, 0) is 19.1 Å². The smallest absolute Gasteiger partial charge is 0.353 e. The van der Waals surface area contributed by atoms with Crippen LogP contribution in [0.2, 0.25) is 5.02 Å². The SMILES string of the molecule is Cc1cc(Nc2ncnc(Nc3ccccc3Cl)c2[N+](=O)[O-])no1. The summed E-state index contributed by atoms with van der Waals surface area (Å²) in [7, 11) is 0. The number of hydrogen-bond donors (Lipinski definition) is 2. The molecule has 24 heavy (non-hydrogen) atoms. The Morgan fingerprint density at radius 2 is 1.92 bits per heavy atom. The summed E-state index contributed by atoms with van der Waals surface area (Å²) in [5.74, 6) is 0.852. The van der Waals surface area contributed by atoms with Crippen molar-refractivity contribution >= 4 is 40.4 Å². The summed E-state index contributed by atoms with van der Waals surface area (Å²) >= 11 is 6.06. The molecule has 0 bridgehead atoms. The molecule has 9 nitrogen and oxygen atoms in total. The minimum Gasteiger partial charge on any atom is -0.360 e. The molecule has 2 aromatic heterocycles. The van der Waals surface area contributed by atoms with Crippen LogP contribution in [0.3, 0.4) is 0 Å². The Hall–Kier alpha value is -3.20.